The summed E-state index contributed by atoms with van der Waals surface area (Å²) in [6.45, 7) is 5.31. The molecule has 0 aliphatic carbocycles. The van der Waals surface area contributed by atoms with Gasteiger partial charge in [0.2, 0.25) is 5.56 Å². The first-order chi connectivity index (χ1) is 17.3. The number of carboxylic acid groups (broad SMARTS) is 1. The van der Waals surface area contributed by atoms with Crippen LogP contribution < -0.4 is 10.3 Å². The van der Waals surface area contributed by atoms with Gasteiger partial charge < -0.3 is 19.1 Å². The van der Waals surface area contributed by atoms with Crippen LogP contribution in [0.4, 0.5) is 13.2 Å². The van der Waals surface area contributed by atoms with Crippen molar-refractivity contribution in [3.63, 3.8) is 0 Å². The van der Waals surface area contributed by atoms with E-state index in [1.807, 2.05) is 0 Å². The van der Waals surface area contributed by atoms with Gasteiger partial charge in [-0.1, -0.05) is 12.1 Å². The van der Waals surface area contributed by atoms with Crippen molar-refractivity contribution in [3.8, 4) is 28.0 Å². The van der Waals surface area contributed by atoms with Crippen LogP contribution in [-0.2, 0) is 29.2 Å². The molecule has 1 aliphatic rings. The Morgan fingerprint density at radius 2 is 1.78 bits per heavy atom. The highest BCUT2D eigenvalue weighted by molar-refractivity contribution is 5.90. The predicted molar refractivity (Wildman–Crippen MR) is 133 cm³/mol. The van der Waals surface area contributed by atoms with E-state index in [4.69, 9.17) is 9.47 Å². The van der Waals surface area contributed by atoms with Crippen LogP contribution in [0, 0.1) is 0 Å². The summed E-state index contributed by atoms with van der Waals surface area (Å²) >= 11 is 0. The van der Waals surface area contributed by atoms with Crippen molar-refractivity contribution in [1.82, 2.24) is 4.57 Å². The van der Waals surface area contributed by atoms with Gasteiger partial charge in [0.1, 0.15) is 5.75 Å². The number of hydrogen-bond donors (Lipinski definition) is 1. The molecular weight excluding hydrogens is 487 g/mol. The van der Waals surface area contributed by atoms with E-state index in [0.717, 1.165) is 18.1 Å². The van der Waals surface area contributed by atoms with Crippen LogP contribution in [-0.4, -0.2) is 27.9 Å². The van der Waals surface area contributed by atoms with Gasteiger partial charge in [-0.2, -0.15) is 13.2 Å². The Morgan fingerprint density at radius 1 is 1.08 bits per heavy atom. The van der Waals surface area contributed by atoms with Crippen LogP contribution in [0.1, 0.15) is 50.0 Å². The zero-order chi connectivity index (χ0) is 27.1. The van der Waals surface area contributed by atoms with Crippen LogP contribution in [0.15, 0.2) is 53.5 Å². The number of halogens is 3. The maximum absolute atomic E-state index is 14.4. The number of fused-ring (bicyclic) bond motifs is 1. The number of carbonyl (C=O) groups is 1. The lowest BCUT2D eigenvalue weighted by Gasteiger charge is -2.30. The van der Waals surface area contributed by atoms with E-state index in [0.29, 0.717) is 35.5 Å². The molecule has 2 heterocycles. The average molecular weight is 516 g/mol. The molecule has 0 saturated carbocycles. The van der Waals surface area contributed by atoms with Crippen molar-refractivity contribution in [1.29, 1.82) is 0 Å². The lowest BCUT2D eigenvalue weighted by Crippen LogP contribution is -2.29. The number of hydrogen-bond acceptors (Lipinski definition) is 4. The molecule has 37 heavy (non-hydrogen) atoms. The van der Waals surface area contributed by atoms with Crippen molar-refractivity contribution in [2.75, 3.05) is 6.61 Å². The highest BCUT2D eigenvalue weighted by Gasteiger charge is 2.41. The molecule has 3 aromatic rings. The lowest BCUT2D eigenvalue weighted by atomic mass is 9.84. The molecule has 0 saturated heterocycles. The monoisotopic (exact) mass is 515 g/mol. The molecule has 1 atom stereocenters. The zero-order valence-corrected chi connectivity index (χ0v) is 21.0. The summed E-state index contributed by atoms with van der Waals surface area (Å²) in [7, 11) is 1.54. The average Bonchev–Trinajstić information content (AvgIpc) is 2.82. The Kier molecular flexibility index (Phi) is 6.94. The topological polar surface area (TPSA) is 77.8 Å². The molecule has 1 aliphatic heterocycles. The molecule has 0 amide bonds. The molecular formula is C28H28F3NO5. The fourth-order valence-electron chi connectivity index (χ4n) is 4.55. The highest BCUT2D eigenvalue weighted by atomic mass is 19.4. The summed E-state index contributed by atoms with van der Waals surface area (Å²) in [5.74, 6) is -0.895. The molecule has 4 rings (SSSR count). The van der Waals surface area contributed by atoms with E-state index in [1.165, 1.54) is 36.0 Å². The number of rotatable bonds is 5. The van der Waals surface area contributed by atoms with E-state index in [1.54, 1.807) is 39.0 Å². The van der Waals surface area contributed by atoms with E-state index >= 15 is 0 Å². The number of aliphatic carboxylic acids is 1. The molecule has 6 nitrogen and oxygen atoms in total. The third-order valence-electron chi connectivity index (χ3n) is 6.10. The normalized spacial score (nSPS) is 14.6. The Morgan fingerprint density at radius 3 is 2.41 bits per heavy atom. The van der Waals surface area contributed by atoms with Gasteiger partial charge in [0.25, 0.3) is 0 Å². The first-order valence-corrected chi connectivity index (χ1v) is 11.8. The van der Waals surface area contributed by atoms with Crippen molar-refractivity contribution < 1.29 is 32.5 Å². The van der Waals surface area contributed by atoms with Crippen LogP contribution >= 0.6 is 0 Å². The van der Waals surface area contributed by atoms with E-state index in [2.05, 4.69) is 0 Å². The minimum atomic E-state index is -4.85. The lowest BCUT2D eigenvalue weighted by molar-refractivity contribution is -0.163. The molecule has 0 fully saturated rings. The maximum Gasteiger partial charge on any atom is 0.416 e. The highest BCUT2D eigenvalue weighted by Crippen LogP contribution is 2.47. The third kappa shape index (κ3) is 5.56. The number of aryl methyl sites for hydroxylation is 2. The van der Waals surface area contributed by atoms with Crippen LogP contribution in [0.5, 0.6) is 5.75 Å². The largest absolute Gasteiger partial charge is 0.493 e. The molecule has 196 valence electrons. The maximum atomic E-state index is 14.4. The summed E-state index contributed by atoms with van der Waals surface area (Å²) in [4.78, 5) is 24.5. The number of nitrogens with zero attached hydrogens (tertiary/aromatic N) is 1. The van der Waals surface area contributed by atoms with E-state index in [9.17, 15) is 27.9 Å². The van der Waals surface area contributed by atoms with Gasteiger partial charge in [0, 0.05) is 24.9 Å². The number of pyridine rings is 1. The van der Waals surface area contributed by atoms with Crippen LogP contribution in [0.2, 0.25) is 0 Å². The van der Waals surface area contributed by atoms with Gasteiger partial charge in [0.05, 0.1) is 17.8 Å². The summed E-state index contributed by atoms with van der Waals surface area (Å²) < 4.78 is 56.0. The minimum absolute atomic E-state index is 0.0819. The fraction of sp³-hybridized carbons (Fsp3) is 0.357. The van der Waals surface area contributed by atoms with Crippen LogP contribution in [0.3, 0.4) is 0 Å². The smallest absolute Gasteiger partial charge is 0.416 e. The van der Waals surface area contributed by atoms with Gasteiger partial charge in [-0.15, -0.1) is 0 Å². The van der Waals surface area contributed by atoms with Crippen molar-refractivity contribution >= 4 is 5.97 Å². The number of ether oxygens (including phenoxy) is 2. The van der Waals surface area contributed by atoms with Gasteiger partial charge in [-0.05, 0) is 85.7 Å². The second-order valence-corrected chi connectivity index (χ2v) is 10.0. The summed E-state index contributed by atoms with van der Waals surface area (Å²) in [5, 5.41) is 10.1. The quantitative estimate of drug-likeness (QED) is 0.451. The van der Waals surface area contributed by atoms with Crippen molar-refractivity contribution in [2.24, 2.45) is 7.05 Å². The van der Waals surface area contributed by atoms with Gasteiger partial charge >= 0.3 is 12.1 Å². The number of carboxylic acids is 1. The number of alkyl halides is 3. The Labute approximate surface area is 212 Å². The molecule has 9 heteroatoms. The first-order valence-electron chi connectivity index (χ1n) is 11.8. The Balaban J connectivity index is 2.13. The van der Waals surface area contributed by atoms with E-state index in [-0.39, 0.29) is 11.1 Å². The van der Waals surface area contributed by atoms with Gasteiger partial charge in [0.15, 0.2) is 6.10 Å². The van der Waals surface area contributed by atoms with E-state index < -0.39 is 35.0 Å². The molecule has 1 aromatic heterocycles. The van der Waals surface area contributed by atoms with Crippen LogP contribution in [0.25, 0.3) is 22.3 Å². The Hall–Kier alpha value is -3.59. The second-order valence-electron chi connectivity index (χ2n) is 10.0. The molecule has 0 bridgehead atoms. The Bertz CT molecular complexity index is 1400. The molecule has 0 radical (unpaired) electrons. The molecule has 2 aromatic carbocycles. The SMILES string of the molecule is Cn1cc(-c2ccc(C(F)(F)F)c(C(OC(C)(C)C)C(=O)O)c2-c2ccc3c(c2)CCCO3)ccc1=O. The number of aromatic nitrogens is 1. The van der Waals surface area contributed by atoms with Crippen molar-refractivity contribution in [3.05, 3.63) is 75.7 Å². The molecule has 0 spiro atoms. The zero-order valence-electron chi connectivity index (χ0n) is 21.0. The summed E-state index contributed by atoms with van der Waals surface area (Å²) in [5.41, 5.74) is -0.819. The third-order valence-corrected chi connectivity index (χ3v) is 6.10. The van der Waals surface area contributed by atoms with Crippen molar-refractivity contribution in [2.45, 2.75) is 51.5 Å². The molecule has 1 N–H and O–H groups in total. The summed E-state index contributed by atoms with van der Waals surface area (Å²) in [6.07, 6.45) is -3.82. The van der Waals surface area contributed by atoms with Gasteiger partial charge in [-0.25, -0.2) is 4.79 Å². The second kappa shape index (κ2) is 9.70. The minimum Gasteiger partial charge on any atom is -0.493 e. The van der Waals surface area contributed by atoms with Gasteiger partial charge in [-0.3, -0.25) is 4.79 Å². The fourth-order valence-corrected chi connectivity index (χ4v) is 4.55. The molecule has 1 unspecified atom stereocenters. The number of benzene rings is 2. The first kappa shape index (κ1) is 26.5. The predicted octanol–water partition coefficient (Wildman–Crippen LogP) is 6.00. The summed E-state index contributed by atoms with van der Waals surface area (Å²) in [6, 6.07) is 10.1. The standard InChI is InChI=1S/C28H28F3NO5/c1-27(2,3)37-25(26(34)35)24-20(28(29,30)31)10-9-19(18-8-12-22(33)32(4)15-18)23(24)17-7-11-21-16(14-17)6-5-13-36-21/h7-12,14-15,25H,5-6,13H2,1-4H3,(H,34,35).